The van der Waals surface area contributed by atoms with Crippen LogP contribution >= 0.6 is 0 Å². The minimum Gasteiger partial charge on any atom is -0.457 e. The van der Waals surface area contributed by atoms with Crippen molar-refractivity contribution in [3.05, 3.63) is 203 Å². The maximum absolute atomic E-state index is 13.6. The summed E-state index contributed by atoms with van der Waals surface area (Å²) in [5.74, 6) is -10.0. The first kappa shape index (κ1) is 39.0. The van der Waals surface area contributed by atoms with Gasteiger partial charge in [-0.1, -0.05) is 103 Å². The summed E-state index contributed by atoms with van der Waals surface area (Å²) in [6.07, 6.45) is 1.98. The van der Waals surface area contributed by atoms with Gasteiger partial charge in [0, 0.05) is 5.56 Å². The van der Waals surface area contributed by atoms with Crippen molar-refractivity contribution in [2.24, 2.45) is 10.2 Å². The number of hydrogen-bond acceptors (Lipinski definition) is 6. The van der Waals surface area contributed by atoms with Gasteiger partial charge in [-0.05, 0) is 59.3 Å². The lowest BCUT2D eigenvalue weighted by Crippen LogP contribution is -2.19. The van der Waals surface area contributed by atoms with Crippen molar-refractivity contribution in [2.75, 3.05) is 0 Å². The van der Waals surface area contributed by atoms with E-state index in [2.05, 4.69) is 15.6 Å². The third-order valence-corrected chi connectivity index (χ3v) is 8.00. The van der Waals surface area contributed by atoms with E-state index in [1.54, 1.807) is 66.9 Å². The molecule has 0 aliphatic carbocycles. The van der Waals surface area contributed by atoms with Crippen molar-refractivity contribution in [2.45, 2.75) is 0 Å². The molecule has 0 saturated carbocycles. The predicted molar refractivity (Wildman–Crippen MR) is 206 cm³/mol. The summed E-state index contributed by atoms with van der Waals surface area (Å²) in [7, 11) is 0. The Hall–Kier alpha value is -7.67. The van der Waals surface area contributed by atoms with E-state index in [1.807, 2.05) is 84.3 Å². The summed E-state index contributed by atoms with van der Waals surface area (Å²) in [5.41, 5.74) is 4.66. The van der Waals surface area contributed by atoms with Gasteiger partial charge < -0.3 is 9.47 Å². The van der Waals surface area contributed by atoms with Crippen LogP contribution < -0.4 is 20.3 Å². The molecule has 7 aromatic rings. The average Bonchev–Trinajstić information content (AvgIpc) is 3.25. The molecule has 0 spiro atoms. The van der Waals surface area contributed by atoms with Gasteiger partial charge in [0.25, 0.3) is 11.8 Å². The van der Waals surface area contributed by atoms with E-state index < -0.39 is 40.6 Å². The molecule has 57 heavy (non-hydrogen) atoms. The summed E-state index contributed by atoms with van der Waals surface area (Å²) < 4.78 is 78.1. The number of nitrogens with one attached hydrogen (secondary N) is 2. The van der Waals surface area contributed by atoms with Gasteiger partial charge in [-0.3, -0.25) is 9.59 Å². The van der Waals surface area contributed by atoms with Crippen molar-refractivity contribution in [3.63, 3.8) is 0 Å². The number of carbonyl (C=O) groups excluding carboxylic acids is 2. The fourth-order valence-electron chi connectivity index (χ4n) is 5.25. The molecule has 0 aliphatic heterocycles. The van der Waals surface area contributed by atoms with Crippen molar-refractivity contribution in [3.8, 4) is 23.0 Å². The molecule has 2 N–H and O–H groups in total. The maximum Gasteiger partial charge on any atom is 0.275 e. The summed E-state index contributed by atoms with van der Waals surface area (Å²) in [4.78, 5) is 24.9. The van der Waals surface area contributed by atoms with Crippen LogP contribution in [0.15, 0.2) is 162 Å². The summed E-state index contributed by atoms with van der Waals surface area (Å²) in [6, 6.07) is 45.1. The normalized spacial score (nSPS) is 10.9. The molecule has 0 aliphatic rings. The molecule has 0 atom stereocenters. The molecule has 0 fully saturated rings. The van der Waals surface area contributed by atoms with E-state index in [1.165, 1.54) is 12.1 Å². The van der Waals surface area contributed by atoms with Gasteiger partial charge in [-0.25, -0.2) is 32.8 Å². The highest BCUT2D eigenvalue weighted by Gasteiger charge is 2.25. The number of nitrogens with zero attached hydrogens (tertiary/aromatic N) is 2. The Morgan fingerprint density at radius 2 is 0.877 bits per heavy atom. The molecule has 7 rings (SSSR count). The molecule has 0 radical (unpaired) electrons. The van der Waals surface area contributed by atoms with Crippen molar-refractivity contribution < 1.29 is 41.0 Å². The Labute approximate surface area is 322 Å². The second kappa shape index (κ2) is 18.6. The molecule has 0 saturated heterocycles. The fraction of sp³-hybridized carbons (Fsp3) is 0. The third kappa shape index (κ3) is 9.72. The Morgan fingerprint density at radius 3 is 1.42 bits per heavy atom. The maximum atomic E-state index is 13.6. The number of hydrazone groups is 2. The quantitative estimate of drug-likeness (QED) is 0.0475. The van der Waals surface area contributed by atoms with Crippen molar-refractivity contribution in [1.82, 2.24) is 10.9 Å². The lowest BCUT2D eigenvalue weighted by atomic mass is 10.1. The minimum absolute atomic E-state index is 0.0333. The first-order valence-electron chi connectivity index (χ1n) is 17.0. The number of para-hydroxylation sites is 4. The van der Waals surface area contributed by atoms with Gasteiger partial charge in [0.15, 0.2) is 23.3 Å². The molecule has 8 nitrogen and oxygen atoms in total. The summed E-state index contributed by atoms with van der Waals surface area (Å²) >= 11 is 0. The van der Waals surface area contributed by atoms with E-state index in [4.69, 9.17) is 9.47 Å². The fourth-order valence-corrected chi connectivity index (χ4v) is 5.25. The van der Waals surface area contributed by atoms with Gasteiger partial charge in [-0.15, -0.1) is 0 Å². The van der Waals surface area contributed by atoms with Crippen LogP contribution in [-0.2, 0) is 0 Å². The zero-order valence-corrected chi connectivity index (χ0v) is 29.5. The van der Waals surface area contributed by atoms with Crippen LogP contribution in [0.4, 0.5) is 22.0 Å². The molecule has 0 heterocycles. The number of hydrogen-bond donors (Lipinski definition) is 2. The molecule has 0 unspecified atom stereocenters. The molecule has 2 amide bonds. The van der Waals surface area contributed by atoms with Gasteiger partial charge >= 0.3 is 0 Å². The van der Waals surface area contributed by atoms with Crippen molar-refractivity contribution >= 4 is 35.0 Å². The zero-order chi connectivity index (χ0) is 40.1. The zero-order valence-electron chi connectivity index (χ0n) is 29.5. The van der Waals surface area contributed by atoms with Crippen LogP contribution in [0, 0.1) is 29.1 Å². The predicted octanol–water partition coefficient (Wildman–Crippen LogP) is 10.3. The van der Waals surface area contributed by atoms with Crippen LogP contribution in [0.2, 0.25) is 0 Å². The summed E-state index contributed by atoms with van der Waals surface area (Å²) in [6.45, 7) is 0. The van der Waals surface area contributed by atoms with E-state index >= 15 is 0 Å². The largest absolute Gasteiger partial charge is 0.457 e. The molecule has 0 aromatic heterocycles. The highest BCUT2D eigenvalue weighted by atomic mass is 19.2. The smallest absolute Gasteiger partial charge is 0.275 e. The van der Waals surface area contributed by atoms with Gasteiger partial charge in [0.1, 0.15) is 23.0 Å². The molecule has 7 aromatic carbocycles. The Bertz CT molecular complexity index is 2550. The van der Waals surface area contributed by atoms with Gasteiger partial charge in [0.2, 0.25) is 5.82 Å². The molecule has 284 valence electrons. The van der Waals surface area contributed by atoms with E-state index in [0.29, 0.717) is 29.0 Å². The highest BCUT2D eigenvalue weighted by molar-refractivity contribution is 6.01. The first-order valence-corrected chi connectivity index (χ1v) is 17.0. The standard InChI is InChI=1S/C24H18N2O2.C20H11F5N2O2/c27-24(22-15-6-7-16-23(22)28-20-12-2-1-3-13-20)26-25-17-19-11-8-10-18-9-4-5-14-21(18)19;21-15-13(16(22)18(24)19(25)17(15)23)10-26-27-20(28)12-8-4-5-9-14(12)29-11-6-2-1-3-7-11/h1-17H,(H,26,27);1-10H,(H,27,28)/b25-17+;26-10+. The van der Waals surface area contributed by atoms with E-state index in [-0.39, 0.29) is 17.2 Å². The second-order valence-electron chi connectivity index (χ2n) is 11.8. The lowest BCUT2D eigenvalue weighted by molar-refractivity contribution is 0.0944. The van der Waals surface area contributed by atoms with Crippen LogP contribution in [0.25, 0.3) is 10.8 Å². The van der Waals surface area contributed by atoms with Crippen LogP contribution in [0.1, 0.15) is 31.8 Å². The van der Waals surface area contributed by atoms with E-state index in [0.717, 1.165) is 16.3 Å². The monoisotopic (exact) mass is 772 g/mol. The second-order valence-corrected chi connectivity index (χ2v) is 11.8. The van der Waals surface area contributed by atoms with Gasteiger partial charge in [-0.2, -0.15) is 10.2 Å². The highest BCUT2D eigenvalue weighted by Crippen LogP contribution is 2.27. The molecular weight excluding hydrogens is 743 g/mol. The first-order chi connectivity index (χ1) is 27.7. The van der Waals surface area contributed by atoms with Crippen molar-refractivity contribution in [1.29, 1.82) is 0 Å². The SMILES string of the molecule is O=C(N/N=C/c1c(F)c(F)c(F)c(F)c1F)c1ccccc1Oc1ccccc1.O=C(N/N=C/c1cccc2ccccc12)c1ccccc1Oc1ccccc1. The average molecular weight is 773 g/mol. The van der Waals surface area contributed by atoms with Crippen LogP contribution in [-0.4, -0.2) is 24.2 Å². The molecular formula is C44H29F5N4O4. The molecule has 13 heteroatoms. The Kier molecular flexibility index (Phi) is 12.7. The Balaban J connectivity index is 0.000000193. The number of amides is 2. The minimum atomic E-state index is -2.28. The number of rotatable bonds is 10. The van der Waals surface area contributed by atoms with Crippen LogP contribution in [0.5, 0.6) is 23.0 Å². The number of ether oxygens (including phenoxy) is 2. The number of benzene rings is 7. The summed E-state index contributed by atoms with van der Waals surface area (Å²) in [5, 5.41) is 9.62. The topological polar surface area (TPSA) is 101 Å². The lowest BCUT2D eigenvalue weighted by Gasteiger charge is -2.10. The Morgan fingerprint density at radius 1 is 0.456 bits per heavy atom. The van der Waals surface area contributed by atoms with Gasteiger partial charge in [0.05, 0.1) is 29.1 Å². The number of fused-ring (bicyclic) bond motifs is 1. The molecule has 0 bridgehead atoms. The van der Waals surface area contributed by atoms with Crippen LogP contribution in [0.3, 0.4) is 0 Å². The van der Waals surface area contributed by atoms with E-state index in [9.17, 15) is 31.5 Å². The number of carbonyl (C=O) groups is 2. The number of halogens is 5. The third-order valence-electron chi connectivity index (χ3n) is 8.00.